The smallest absolute Gasteiger partial charge is 0.231 e. The molecular weight excluding hydrogens is 433 g/mol. The molecule has 2 heterocycles. The number of hydrogen-bond donors (Lipinski definition) is 0. The van der Waals surface area contributed by atoms with Crippen LogP contribution in [0, 0.1) is 5.82 Å². The summed E-state index contributed by atoms with van der Waals surface area (Å²) in [6.45, 7) is 4.51. The van der Waals surface area contributed by atoms with Crippen molar-refractivity contribution in [2.75, 3.05) is 6.79 Å². The molecule has 5 nitrogen and oxygen atoms in total. The van der Waals surface area contributed by atoms with Crippen molar-refractivity contribution in [2.45, 2.75) is 17.5 Å². The third-order valence-electron chi connectivity index (χ3n) is 4.04. The topological polar surface area (TPSA) is 49.2 Å². The number of nitrogens with zero attached hydrogens (tertiary/aromatic N) is 3. The number of rotatable bonds is 6. The molecule has 138 valence electrons. The van der Waals surface area contributed by atoms with E-state index in [1.54, 1.807) is 24.3 Å². The lowest BCUT2D eigenvalue weighted by Crippen LogP contribution is -2.02. The number of fused-ring (bicyclic) bond motifs is 1. The molecule has 27 heavy (non-hydrogen) atoms. The van der Waals surface area contributed by atoms with E-state index in [1.807, 2.05) is 16.7 Å². The van der Waals surface area contributed by atoms with Crippen LogP contribution in [0.1, 0.15) is 5.56 Å². The Balaban J connectivity index is 1.61. The lowest BCUT2D eigenvalue weighted by Gasteiger charge is -2.09. The summed E-state index contributed by atoms with van der Waals surface area (Å²) < 4.78 is 27.8. The molecule has 1 aliphatic heterocycles. The van der Waals surface area contributed by atoms with Crippen molar-refractivity contribution in [3.8, 4) is 22.9 Å². The maximum Gasteiger partial charge on any atom is 0.231 e. The van der Waals surface area contributed by atoms with Crippen LogP contribution >= 0.6 is 27.7 Å². The van der Waals surface area contributed by atoms with E-state index in [1.165, 1.54) is 17.8 Å². The third-order valence-corrected chi connectivity index (χ3v) is 5.80. The monoisotopic (exact) mass is 447 g/mol. The number of thioether (sulfide) groups is 1. The number of hydrogen-bond acceptors (Lipinski definition) is 5. The fraction of sp³-hybridized carbons (Fsp3) is 0.158. The van der Waals surface area contributed by atoms with E-state index in [4.69, 9.17) is 9.47 Å². The van der Waals surface area contributed by atoms with Crippen LogP contribution < -0.4 is 9.47 Å². The average Bonchev–Trinajstić information content (AvgIpc) is 3.27. The molecule has 0 radical (unpaired) electrons. The Morgan fingerprint density at radius 3 is 2.78 bits per heavy atom. The number of ether oxygens (including phenoxy) is 2. The van der Waals surface area contributed by atoms with Crippen molar-refractivity contribution in [2.24, 2.45) is 0 Å². The lowest BCUT2D eigenvalue weighted by atomic mass is 10.2. The highest BCUT2D eigenvalue weighted by Crippen LogP contribution is 2.39. The second kappa shape index (κ2) is 7.74. The Hall–Kier alpha value is -2.32. The minimum Gasteiger partial charge on any atom is -0.454 e. The van der Waals surface area contributed by atoms with Crippen LogP contribution in [-0.4, -0.2) is 21.6 Å². The highest BCUT2D eigenvalue weighted by Gasteiger charge is 2.19. The van der Waals surface area contributed by atoms with Gasteiger partial charge >= 0.3 is 0 Å². The van der Waals surface area contributed by atoms with Gasteiger partial charge in [-0.05, 0) is 29.8 Å². The van der Waals surface area contributed by atoms with Crippen molar-refractivity contribution < 1.29 is 13.9 Å². The first-order valence-corrected chi connectivity index (χ1v) is 9.95. The van der Waals surface area contributed by atoms with Crippen LogP contribution in [0.5, 0.6) is 11.5 Å². The molecule has 0 unspecified atom stereocenters. The van der Waals surface area contributed by atoms with Gasteiger partial charge in [0, 0.05) is 16.8 Å². The van der Waals surface area contributed by atoms with Gasteiger partial charge in [0.1, 0.15) is 5.82 Å². The molecule has 0 spiro atoms. The molecule has 2 aromatic carbocycles. The molecule has 0 saturated carbocycles. The van der Waals surface area contributed by atoms with Gasteiger partial charge in [-0.1, -0.05) is 45.9 Å². The van der Waals surface area contributed by atoms with E-state index in [0.29, 0.717) is 28.8 Å². The average molecular weight is 448 g/mol. The minimum absolute atomic E-state index is 0.234. The standard InChI is InChI=1S/C19H15BrFN3O2S/c1-2-7-24-18(13-5-3-4-6-15(13)21)22-23-19(24)27-10-12-8-16-17(9-14(12)20)26-11-25-16/h2-6,8-9H,1,7,10-11H2. The van der Waals surface area contributed by atoms with Gasteiger partial charge in [-0.25, -0.2) is 4.39 Å². The number of allylic oxidation sites excluding steroid dienone is 1. The van der Waals surface area contributed by atoms with Gasteiger partial charge in [-0.3, -0.25) is 4.57 Å². The number of halogens is 2. The second-order valence-electron chi connectivity index (χ2n) is 5.77. The molecule has 0 saturated heterocycles. The van der Waals surface area contributed by atoms with Gasteiger partial charge in [-0.15, -0.1) is 16.8 Å². The number of aromatic nitrogens is 3. The molecule has 0 atom stereocenters. The van der Waals surface area contributed by atoms with Gasteiger partial charge in [0.05, 0.1) is 5.56 Å². The Kier molecular flexibility index (Phi) is 5.18. The lowest BCUT2D eigenvalue weighted by molar-refractivity contribution is 0.174. The van der Waals surface area contributed by atoms with Crippen LogP contribution in [0.4, 0.5) is 4.39 Å². The van der Waals surface area contributed by atoms with E-state index in [0.717, 1.165) is 21.5 Å². The van der Waals surface area contributed by atoms with Crippen molar-refractivity contribution in [3.05, 3.63) is 64.9 Å². The van der Waals surface area contributed by atoms with Crippen molar-refractivity contribution in [3.63, 3.8) is 0 Å². The fourth-order valence-electron chi connectivity index (χ4n) is 2.74. The highest BCUT2D eigenvalue weighted by molar-refractivity contribution is 9.10. The van der Waals surface area contributed by atoms with Gasteiger partial charge < -0.3 is 9.47 Å². The van der Waals surface area contributed by atoms with Crippen LogP contribution in [0.25, 0.3) is 11.4 Å². The third kappa shape index (κ3) is 3.59. The zero-order chi connectivity index (χ0) is 18.8. The molecule has 0 amide bonds. The largest absolute Gasteiger partial charge is 0.454 e. The first-order chi connectivity index (χ1) is 13.2. The summed E-state index contributed by atoms with van der Waals surface area (Å²) in [5.41, 5.74) is 1.47. The quantitative estimate of drug-likeness (QED) is 0.390. The normalized spacial score (nSPS) is 12.4. The molecule has 0 aliphatic carbocycles. The fourth-order valence-corrected chi connectivity index (χ4v) is 4.33. The van der Waals surface area contributed by atoms with Crippen LogP contribution in [0.3, 0.4) is 0 Å². The van der Waals surface area contributed by atoms with Gasteiger partial charge in [-0.2, -0.15) is 0 Å². The van der Waals surface area contributed by atoms with Crippen molar-refractivity contribution in [1.29, 1.82) is 0 Å². The Bertz CT molecular complexity index is 1010. The maximum atomic E-state index is 14.2. The van der Waals surface area contributed by atoms with E-state index in [9.17, 15) is 4.39 Å². The molecule has 1 aromatic heterocycles. The maximum absolute atomic E-state index is 14.2. The Labute approximate surface area is 168 Å². The molecule has 3 aromatic rings. The zero-order valence-electron chi connectivity index (χ0n) is 14.2. The predicted molar refractivity (Wildman–Crippen MR) is 105 cm³/mol. The predicted octanol–water partition coefficient (Wildman–Crippen LogP) is 5.05. The molecule has 0 fully saturated rings. The van der Waals surface area contributed by atoms with Crippen molar-refractivity contribution >= 4 is 27.7 Å². The summed E-state index contributed by atoms with van der Waals surface area (Å²) in [5, 5.41) is 9.16. The second-order valence-corrected chi connectivity index (χ2v) is 7.57. The first kappa shape index (κ1) is 18.1. The van der Waals surface area contributed by atoms with E-state index >= 15 is 0 Å². The molecule has 0 N–H and O–H groups in total. The Morgan fingerprint density at radius 1 is 1.22 bits per heavy atom. The Morgan fingerprint density at radius 2 is 2.00 bits per heavy atom. The SMILES string of the molecule is C=CCn1c(SCc2cc3c(cc2Br)OCO3)nnc1-c1ccccc1F. The highest BCUT2D eigenvalue weighted by atomic mass is 79.9. The molecule has 8 heteroatoms. The molecule has 1 aliphatic rings. The van der Waals surface area contributed by atoms with Crippen LogP contribution in [-0.2, 0) is 12.3 Å². The zero-order valence-corrected chi connectivity index (χ0v) is 16.6. The van der Waals surface area contributed by atoms with Crippen LogP contribution in [0.2, 0.25) is 0 Å². The molecular formula is C19H15BrFN3O2S. The minimum atomic E-state index is -0.328. The summed E-state index contributed by atoms with van der Waals surface area (Å²) in [4.78, 5) is 0. The van der Waals surface area contributed by atoms with E-state index in [2.05, 4.69) is 32.7 Å². The molecule has 4 rings (SSSR count). The summed E-state index contributed by atoms with van der Waals surface area (Å²) in [6.07, 6.45) is 1.74. The molecule has 0 bridgehead atoms. The first-order valence-electron chi connectivity index (χ1n) is 8.17. The van der Waals surface area contributed by atoms with Crippen molar-refractivity contribution in [1.82, 2.24) is 14.8 Å². The van der Waals surface area contributed by atoms with Gasteiger partial charge in [0.15, 0.2) is 22.5 Å². The van der Waals surface area contributed by atoms with Gasteiger partial charge in [0.25, 0.3) is 0 Å². The summed E-state index contributed by atoms with van der Waals surface area (Å²) in [6, 6.07) is 10.4. The number of benzene rings is 2. The summed E-state index contributed by atoms with van der Waals surface area (Å²) >= 11 is 5.08. The summed E-state index contributed by atoms with van der Waals surface area (Å²) in [7, 11) is 0. The van der Waals surface area contributed by atoms with Gasteiger partial charge in [0.2, 0.25) is 6.79 Å². The summed E-state index contributed by atoms with van der Waals surface area (Å²) in [5.74, 6) is 2.26. The van der Waals surface area contributed by atoms with E-state index in [-0.39, 0.29) is 12.6 Å². The van der Waals surface area contributed by atoms with E-state index < -0.39 is 0 Å². The van der Waals surface area contributed by atoms with Crippen LogP contribution in [0.15, 0.2) is 58.7 Å².